The molecule has 0 saturated heterocycles. The maximum Gasteiger partial charge on any atom is 0.339 e. The third-order valence-corrected chi connectivity index (χ3v) is 4.98. The number of hydrogen-bond acceptors (Lipinski definition) is 6. The summed E-state index contributed by atoms with van der Waals surface area (Å²) in [5, 5.41) is 37.0. The van der Waals surface area contributed by atoms with Gasteiger partial charge < -0.3 is 29.9 Å². The molecule has 0 bridgehead atoms. The van der Waals surface area contributed by atoms with Gasteiger partial charge in [0.2, 0.25) is 0 Å². The normalized spacial score (nSPS) is 10.6. The lowest BCUT2D eigenvalue weighted by Gasteiger charge is -2.08. The molecule has 32 heavy (non-hydrogen) atoms. The van der Waals surface area contributed by atoms with E-state index < -0.39 is 11.9 Å². The topological polar surface area (TPSA) is 134 Å². The van der Waals surface area contributed by atoms with Gasteiger partial charge in [0.15, 0.2) is 0 Å². The average Bonchev–Trinajstić information content (AvgIpc) is 2.74. The third kappa shape index (κ3) is 8.37. The van der Waals surface area contributed by atoms with Crippen LogP contribution in [-0.2, 0) is 0 Å². The van der Waals surface area contributed by atoms with E-state index in [1.807, 2.05) is 0 Å². The summed E-state index contributed by atoms with van der Waals surface area (Å²) in [4.78, 5) is 21.7. The minimum absolute atomic E-state index is 0.141. The average molecular weight is 446 g/mol. The molecule has 0 radical (unpaired) electrons. The van der Waals surface area contributed by atoms with E-state index in [4.69, 9.17) is 19.7 Å². The minimum Gasteiger partial charge on any atom is -0.507 e. The van der Waals surface area contributed by atoms with Gasteiger partial charge in [0.25, 0.3) is 0 Å². The van der Waals surface area contributed by atoms with Crippen molar-refractivity contribution in [2.24, 2.45) is 0 Å². The summed E-state index contributed by atoms with van der Waals surface area (Å²) in [6.45, 7) is 1.04. The molecule has 0 amide bonds. The van der Waals surface area contributed by atoms with Crippen molar-refractivity contribution in [1.82, 2.24) is 0 Å². The van der Waals surface area contributed by atoms with Gasteiger partial charge in [0, 0.05) is 12.1 Å². The van der Waals surface area contributed by atoms with Gasteiger partial charge in [-0.05, 0) is 37.1 Å². The Labute approximate surface area is 187 Å². The molecule has 8 nitrogen and oxygen atoms in total. The summed E-state index contributed by atoms with van der Waals surface area (Å²) in [7, 11) is 0. The fourth-order valence-corrected chi connectivity index (χ4v) is 3.21. The Morgan fingerprint density at radius 1 is 0.594 bits per heavy atom. The summed E-state index contributed by atoms with van der Waals surface area (Å²) >= 11 is 0. The number of carboxylic acid groups (broad SMARTS) is 2. The zero-order valence-corrected chi connectivity index (χ0v) is 18.0. The fraction of sp³-hybridized carbons (Fsp3) is 0.417. The van der Waals surface area contributed by atoms with Gasteiger partial charge in [0.1, 0.15) is 34.1 Å². The van der Waals surface area contributed by atoms with Crippen LogP contribution < -0.4 is 9.47 Å². The van der Waals surface area contributed by atoms with E-state index in [9.17, 15) is 19.8 Å². The predicted octanol–water partition coefficient (Wildman–Crippen LogP) is 5.07. The van der Waals surface area contributed by atoms with E-state index in [-0.39, 0.29) is 22.6 Å². The summed E-state index contributed by atoms with van der Waals surface area (Å²) in [5.74, 6) is -2.02. The van der Waals surface area contributed by atoms with E-state index >= 15 is 0 Å². The highest BCUT2D eigenvalue weighted by atomic mass is 16.5. The quantitative estimate of drug-likeness (QED) is 0.279. The van der Waals surface area contributed by atoms with Crippen molar-refractivity contribution < 1.29 is 39.5 Å². The maximum atomic E-state index is 10.9. The van der Waals surface area contributed by atoms with Gasteiger partial charge in [-0.2, -0.15) is 0 Å². The standard InChI is InChI=1S/C24H30O8/c25-21-15-17(9-11-19(21)23(27)28)31-13-7-5-3-1-2-4-6-8-14-32-18-10-12-20(24(29)30)22(26)16-18/h9-12,15-16,25-26H,1-8,13-14H2,(H,27,28)(H,29,30). The molecule has 0 spiro atoms. The first kappa shape index (κ1) is 24.8. The molecule has 0 saturated carbocycles. The first-order valence-corrected chi connectivity index (χ1v) is 10.8. The van der Waals surface area contributed by atoms with Crippen molar-refractivity contribution in [3.63, 3.8) is 0 Å². The molecule has 0 aliphatic rings. The number of carbonyl (C=O) groups is 2. The van der Waals surface area contributed by atoms with Crippen molar-refractivity contribution in [1.29, 1.82) is 0 Å². The van der Waals surface area contributed by atoms with Crippen LogP contribution >= 0.6 is 0 Å². The lowest BCUT2D eigenvalue weighted by atomic mass is 10.1. The number of rotatable bonds is 15. The molecule has 0 aliphatic heterocycles. The molecule has 2 rings (SSSR count). The van der Waals surface area contributed by atoms with Crippen LogP contribution in [0.3, 0.4) is 0 Å². The van der Waals surface area contributed by atoms with Crippen molar-refractivity contribution in [2.45, 2.75) is 51.4 Å². The van der Waals surface area contributed by atoms with Crippen LogP contribution in [0.15, 0.2) is 36.4 Å². The highest BCUT2D eigenvalue weighted by molar-refractivity contribution is 5.91. The minimum atomic E-state index is -1.17. The molecule has 0 aliphatic carbocycles. The van der Waals surface area contributed by atoms with Gasteiger partial charge in [-0.25, -0.2) is 9.59 Å². The van der Waals surface area contributed by atoms with Crippen LogP contribution in [0, 0.1) is 0 Å². The monoisotopic (exact) mass is 446 g/mol. The molecule has 4 N–H and O–H groups in total. The molecule has 0 heterocycles. The number of aromatic carboxylic acids is 2. The van der Waals surface area contributed by atoms with E-state index in [0.29, 0.717) is 24.7 Å². The number of unbranched alkanes of at least 4 members (excludes halogenated alkanes) is 7. The van der Waals surface area contributed by atoms with Crippen LogP contribution in [0.5, 0.6) is 23.0 Å². The molecule has 174 valence electrons. The Balaban J connectivity index is 1.45. The fourth-order valence-electron chi connectivity index (χ4n) is 3.21. The largest absolute Gasteiger partial charge is 0.507 e. The van der Waals surface area contributed by atoms with Gasteiger partial charge in [-0.1, -0.05) is 38.5 Å². The number of carboxylic acids is 2. The van der Waals surface area contributed by atoms with Crippen LogP contribution in [0.2, 0.25) is 0 Å². The Morgan fingerprint density at radius 2 is 0.938 bits per heavy atom. The summed E-state index contributed by atoms with van der Waals surface area (Å²) in [6, 6.07) is 8.39. The zero-order chi connectivity index (χ0) is 23.3. The Bertz CT molecular complexity index is 820. The molecular weight excluding hydrogens is 416 g/mol. The molecule has 0 fully saturated rings. The van der Waals surface area contributed by atoms with Gasteiger partial charge >= 0.3 is 11.9 Å². The number of benzene rings is 2. The van der Waals surface area contributed by atoms with Gasteiger partial charge in [-0.15, -0.1) is 0 Å². The molecule has 0 unspecified atom stereocenters. The molecule has 8 heteroatoms. The van der Waals surface area contributed by atoms with E-state index in [2.05, 4.69) is 0 Å². The number of aromatic hydroxyl groups is 2. The second-order valence-electron chi connectivity index (χ2n) is 7.49. The van der Waals surface area contributed by atoms with Crippen LogP contribution in [0.4, 0.5) is 0 Å². The van der Waals surface area contributed by atoms with Crippen molar-refractivity contribution in [3.8, 4) is 23.0 Å². The highest BCUT2D eigenvalue weighted by Crippen LogP contribution is 2.25. The number of ether oxygens (including phenoxy) is 2. The SMILES string of the molecule is O=C(O)c1ccc(OCCCCCCCCCCOc2ccc(C(=O)O)c(O)c2)cc1O. The predicted molar refractivity (Wildman–Crippen MR) is 118 cm³/mol. The third-order valence-electron chi connectivity index (χ3n) is 4.98. The molecule has 0 atom stereocenters. The Hall–Kier alpha value is -3.42. The first-order chi connectivity index (χ1) is 15.4. The highest BCUT2D eigenvalue weighted by Gasteiger charge is 2.11. The summed E-state index contributed by atoms with van der Waals surface area (Å²) < 4.78 is 11.1. The molecule has 0 aromatic heterocycles. The first-order valence-electron chi connectivity index (χ1n) is 10.8. The smallest absolute Gasteiger partial charge is 0.339 e. The van der Waals surface area contributed by atoms with Crippen LogP contribution in [-0.4, -0.2) is 45.6 Å². The van der Waals surface area contributed by atoms with Crippen molar-refractivity contribution in [3.05, 3.63) is 47.5 Å². The van der Waals surface area contributed by atoms with Gasteiger partial charge in [-0.3, -0.25) is 0 Å². The zero-order valence-electron chi connectivity index (χ0n) is 18.0. The van der Waals surface area contributed by atoms with Gasteiger partial charge in [0.05, 0.1) is 13.2 Å². The van der Waals surface area contributed by atoms with Crippen molar-refractivity contribution >= 4 is 11.9 Å². The number of hydrogen-bond donors (Lipinski definition) is 4. The Kier molecular flexibility index (Phi) is 10.2. The summed E-state index contributed by atoms with van der Waals surface area (Å²) in [5.41, 5.74) is -0.282. The van der Waals surface area contributed by atoms with E-state index in [0.717, 1.165) is 51.4 Å². The second kappa shape index (κ2) is 13.1. The Morgan fingerprint density at radius 3 is 1.25 bits per heavy atom. The van der Waals surface area contributed by atoms with E-state index in [1.165, 1.54) is 24.3 Å². The van der Waals surface area contributed by atoms with Crippen molar-refractivity contribution in [2.75, 3.05) is 13.2 Å². The van der Waals surface area contributed by atoms with Crippen LogP contribution in [0.1, 0.15) is 72.1 Å². The lowest BCUT2D eigenvalue weighted by molar-refractivity contribution is 0.0682. The van der Waals surface area contributed by atoms with E-state index in [1.54, 1.807) is 12.1 Å². The molecule has 2 aromatic rings. The summed E-state index contributed by atoms with van der Waals surface area (Å²) in [6.07, 6.45) is 8.36. The van der Waals surface area contributed by atoms with Crippen LogP contribution in [0.25, 0.3) is 0 Å². The number of phenols is 2. The maximum absolute atomic E-state index is 10.9. The second-order valence-corrected chi connectivity index (χ2v) is 7.49. The molecule has 2 aromatic carbocycles. The lowest BCUT2D eigenvalue weighted by Crippen LogP contribution is -2.00. The molecular formula is C24H30O8.